The van der Waals surface area contributed by atoms with Gasteiger partial charge in [-0.05, 0) is 68.8 Å². The van der Waals surface area contributed by atoms with E-state index >= 15 is 0 Å². The molecule has 0 radical (unpaired) electrons. The van der Waals surface area contributed by atoms with E-state index in [0.29, 0.717) is 17.8 Å². The van der Waals surface area contributed by atoms with E-state index in [4.69, 9.17) is 4.74 Å². The van der Waals surface area contributed by atoms with Gasteiger partial charge in [0.25, 0.3) is 0 Å². The van der Waals surface area contributed by atoms with Gasteiger partial charge in [-0.3, -0.25) is 9.59 Å². The van der Waals surface area contributed by atoms with Crippen LogP contribution >= 0.6 is 0 Å². The highest BCUT2D eigenvalue weighted by molar-refractivity contribution is 6.03. The van der Waals surface area contributed by atoms with Crippen molar-refractivity contribution in [2.45, 2.75) is 33.3 Å². The minimum atomic E-state index is -0.450. The lowest BCUT2D eigenvalue weighted by Gasteiger charge is -2.18. The number of hydrogen-bond donors (Lipinski definition) is 1. The lowest BCUT2D eigenvalue weighted by atomic mass is 10.1. The first-order valence-corrected chi connectivity index (χ1v) is 8.97. The number of nitrogens with zero attached hydrogens (tertiary/aromatic N) is 1. The van der Waals surface area contributed by atoms with Gasteiger partial charge in [-0.1, -0.05) is 0 Å². The first-order chi connectivity index (χ1) is 12.8. The molecule has 1 aliphatic heterocycles. The second-order valence-electron chi connectivity index (χ2n) is 7.01. The van der Waals surface area contributed by atoms with Crippen molar-refractivity contribution in [2.24, 2.45) is 5.92 Å². The number of anilines is 2. The molecule has 0 spiro atoms. The monoisotopic (exact) mass is 370 g/mol. The number of amides is 2. The molecule has 1 aliphatic rings. The van der Waals surface area contributed by atoms with Crippen LogP contribution < -0.4 is 15.0 Å². The summed E-state index contributed by atoms with van der Waals surface area (Å²) in [5.41, 5.74) is 1.94. The summed E-state index contributed by atoms with van der Waals surface area (Å²) in [6.07, 6.45) is 0.225. The Balaban J connectivity index is 1.66. The highest BCUT2D eigenvalue weighted by Gasteiger charge is 2.35. The van der Waals surface area contributed by atoms with Crippen molar-refractivity contribution in [1.82, 2.24) is 0 Å². The molecule has 27 heavy (non-hydrogen) atoms. The van der Waals surface area contributed by atoms with Crippen LogP contribution in [0.15, 0.2) is 42.5 Å². The van der Waals surface area contributed by atoms with Gasteiger partial charge in [-0.15, -0.1) is 0 Å². The Hall–Kier alpha value is -2.89. The smallest absolute Gasteiger partial charge is 0.229 e. The molecule has 1 fully saturated rings. The largest absolute Gasteiger partial charge is 0.491 e. The number of nitrogens with one attached hydrogen (secondary N) is 1. The first-order valence-electron chi connectivity index (χ1n) is 8.97. The van der Waals surface area contributed by atoms with Crippen LogP contribution in [-0.2, 0) is 9.59 Å². The number of aryl methyl sites for hydroxylation is 1. The van der Waals surface area contributed by atoms with Gasteiger partial charge in [0.1, 0.15) is 11.6 Å². The third-order valence-corrected chi connectivity index (χ3v) is 4.46. The molecule has 3 rings (SSSR count). The molecule has 0 bridgehead atoms. The highest BCUT2D eigenvalue weighted by Crippen LogP contribution is 2.28. The van der Waals surface area contributed by atoms with Crippen LogP contribution in [0.4, 0.5) is 15.8 Å². The first kappa shape index (κ1) is 18.9. The Kier molecular flexibility index (Phi) is 5.44. The predicted molar refractivity (Wildman–Crippen MR) is 102 cm³/mol. The Bertz CT molecular complexity index is 849. The number of halogens is 1. The standard InChI is InChI=1S/C21H23FN2O3/c1-13(2)27-18-7-5-17(6-8-18)24-12-15(11-20(24)25)21(26)23-19-9-4-16(22)10-14(19)3/h4-10,13,15H,11-12H2,1-3H3,(H,23,26)/t15-/m1/s1. The van der Waals surface area contributed by atoms with Crippen LogP contribution in [0, 0.1) is 18.7 Å². The minimum absolute atomic E-state index is 0.0762. The molecule has 0 saturated carbocycles. The van der Waals surface area contributed by atoms with Crippen LogP contribution in [0.3, 0.4) is 0 Å². The lowest BCUT2D eigenvalue weighted by Crippen LogP contribution is -2.28. The zero-order valence-electron chi connectivity index (χ0n) is 15.7. The minimum Gasteiger partial charge on any atom is -0.491 e. The van der Waals surface area contributed by atoms with Gasteiger partial charge in [-0.2, -0.15) is 0 Å². The van der Waals surface area contributed by atoms with Gasteiger partial charge in [0.15, 0.2) is 0 Å². The van der Waals surface area contributed by atoms with Gasteiger partial charge < -0.3 is 15.0 Å². The van der Waals surface area contributed by atoms with Crippen molar-refractivity contribution in [1.29, 1.82) is 0 Å². The van der Waals surface area contributed by atoms with Crippen molar-refractivity contribution in [3.05, 3.63) is 53.8 Å². The summed E-state index contributed by atoms with van der Waals surface area (Å²) >= 11 is 0. The summed E-state index contributed by atoms with van der Waals surface area (Å²) in [7, 11) is 0. The molecular weight excluding hydrogens is 347 g/mol. The summed E-state index contributed by atoms with van der Waals surface area (Å²) in [4.78, 5) is 26.5. The Morgan fingerprint density at radius 2 is 1.93 bits per heavy atom. The third-order valence-electron chi connectivity index (χ3n) is 4.46. The van der Waals surface area contributed by atoms with Crippen LogP contribution in [0.1, 0.15) is 25.8 Å². The molecule has 1 saturated heterocycles. The summed E-state index contributed by atoms with van der Waals surface area (Å²) in [5, 5.41) is 2.80. The average Bonchev–Trinajstić information content (AvgIpc) is 2.99. The predicted octanol–water partition coefficient (Wildman–Crippen LogP) is 3.91. The van der Waals surface area contributed by atoms with E-state index in [2.05, 4.69) is 5.32 Å². The number of rotatable bonds is 5. The van der Waals surface area contributed by atoms with E-state index in [1.807, 2.05) is 38.1 Å². The maximum absolute atomic E-state index is 13.2. The fraction of sp³-hybridized carbons (Fsp3) is 0.333. The zero-order chi connectivity index (χ0) is 19.6. The zero-order valence-corrected chi connectivity index (χ0v) is 15.7. The Labute approximate surface area is 158 Å². The summed E-state index contributed by atoms with van der Waals surface area (Å²) in [6.45, 7) is 5.94. The van der Waals surface area contributed by atoms with E-state index in [1.54, 1.807) is 11.8 Å². The molecule has 2 aromatic carbocycles. The fourth-order valence-electron chi connectivity index (χ4n) is 3.11. The number of carbonyl (C=O) groups is 2. The molecule has 1 atom stereocenters. The van der Waals surface area contributed by atoms with Gasteiger partial charge in [-0.25, -0.2) is 4.39 Å². The van der Waals surface area contributed by atoms with Crippen molar-refractivity contribution in [2.75, 3.05) is 16.8 Å². The molecule has 142 valence electrons. The van der Waals surface area contributed by atoms with Gasteiger partial charge in [0.2, 0.25) is 11.8 Å². The van der Waals surface area contributed by atoms with Crippen LogP contribution in [0.25, 0.3) is 0 Å². The SMILES string of the molecule is Cc1cc(F)ccc1NC(=O)[C@@H]1CC(=O)N(c2ccc(OC(C)C)cc2)C1. The molecule has 0 unspecified atom stereocenters. The topological polar surface area (TPSA) is 58.6 Å². The van der Waals surface area contributed by atoms with Crippen LogP contribution in [0.2, 0.25) is 0 Å². The molecule has 1 heterocycles. The van der Waals surface area contributed by atoms with E-state index in [1.165, 1.54) is 18.2 Å². The van der Waals surface area contributed by atoms with Gasteiger partial charge in [0, 0.05) is 24.3 Å². The van der Waals surface area contributed by atoms with Gasteiger partial charge >= 0.3 is 0 Å². The van der Waals surface area contributed by atoms with Gasteiger partial charge in [0.05, 0.1) is 12.0 Å². The molecule has 0 aliphatic carbocycles. The normalized spacial score (nSPS) is 16.7. The fourth-order valence-corrected chi connectivity index (χ4v) is 3.11. The van der Waals surface area contributed by atoms with E-state index in [0.717, 1.165) is 11.4 Å². The van der Waals surface area contributed by atoms with Crippen molar-refractivity contribution < 1.29 is 18.7 Å². The molecule has 6 heteroatoms. The summed E-state index contributed by atoms with van der Waals surface area (Å²) in [6, 6.07) is 11.5. The van der Waals surface area contributed by atoms with Crippen LogP contribution in [0.5, 0.6) is 5.75 Å². The molecule has 2 amide bonds. The Morgan fingerprint density at radius 1 is 1.22 bits per heavy atom. The summed E-state index contributed by atoms with van der Waals surface area (Å²) < 4.78 is 18.8. The number of ether oxygens (including phenoxy) is 1. The second kappa shape index (κ2) is 7.78. The van der Waals surface area contributed by atoms with Crippen molar-refractivity contribution >= 4 is 23.2 Å². The quantitative estimate of drug-likeness (QED) is 0.868. The average molecular weight is 370 g/mol. The number of carbonyl (C=O) groups excluding carboxylic acids is 2. The number of hydrogen-bond acceptors (Lipinski definition) is 3. The third kappa shape index (κ3) is 4.45. The highest BCUT2D eigenvalue weighted by atomic mass is 19.1. The van der Waals surface area contributed by atoms with E-state index in [-0.39, 0.29) is 30.2 Å². The molecular formula is C21H23FN2O3. The molecule has 1 N–H and O–H groups in total. The van der Waals surface area contributed by atoms with E-state index < -0.39 is 5.92 Å². The van der Waals surface area contributed by atoms with Crippen molar-refractivity contribution in [3.8, 4) is 5.75 Å². The van der Waals surface area contributed by atoms with Crippen molar-refractivity contribution in [3.63, 3.8) is 0 Å². The van der Waals surface area contributed by atoms with Crippen LogP contribution in [-0.4, -0.2) is 24.5 Å². The second-order valence-corrected chi connectivity index (χ2v) is 7.01. The molecule has 5 nitrogen and oxygen atoms in total. The van der Waals surface area contributed by atoms with E-state index in [9.17, 15) is 14.0 Å². The molecule has 0 aromatic heterocycles. The molecule has 2 aromatic rings. The maximum atomic E-state index is 13.2. The summed E-state index contributed by atoms with van der Waals surface area (Å²) in [5.74, 6) is -0.392. The maximum Gasteiger partial charge on any atom is 0.229 e. The number of benzene rings is 2. The Morgan fingerprint density at radius 3 is 2.56 bits per heavy atom. The lowest BCUT2D eigenvalue weighted by molar-refractivity contribution is -0.122.